The van der Waals surface area contributed by atoms with Gasteiger partial charge in [-0.1, -0.05) is 30.3 Å². The van der Waals surface area contributed by atoms with Crippen LogP contribution < -0.4 is 10.7 Å². The molecule has 3 heterocycles. The number of nitrogens with one attached hydrogen (secondary N) is 2. The molecule has 28 heavy (non-hydrogen) atoms. The number of hydrogen-bond donors (Lipinski definition) is 2. The molecule has 10 heteroatoms. The van der Waals surface area contributed by atoms with Crippen LogP contribution in [0.3, 0.4) is 0 Å². The minimum absolute atomic E-state index is 0.137. The molecule has 0 spiro atoms. The Morgan fingerprint density at radius 2 is 1.96 bits per heavy atom. The van der Waals surface area contributed by atoms with E-state index in [1.54, 1.807) is 36.6 Å². The van der Waals surface area contributed by atoms with Gasteiger partial charge in [0.2, 0.25) is 0 Å². The average Bonchev–Trinajstić information content (AvgIpc) is 3.38. The smallest absolute Gasteiger partial charge is 0.318 e. The van der Waals surface area contributed by atoms with E-state index in [1.165, 1.54) is 22.7 Å². The van der Waals surface area contributed by atoms with Crippen LogP contribution in [0.15, 0.2) is 51.6 Å². The Hall–Kier alpha value is -2.56. The maximum atomic E-state index is 12.8. The number of halogens is 1. The summed E-state index contributed by atoms with van der Waals surface area (Å²) in [5.41, 5.74) is 1.88. The van der Waals surface area contributed by atoms with Crippen molar-refractivity contribution in [3.05, 3.63) is 62.9 Å². The third-order valence-corrected chi connectivity index (χ3v) is 6.97. The topological polar surface area (TPSA) is 91.4 Å². The number of thiophene rings is 1. The molecule has 0 bridgehead atoms. The summed E-state index contributed by atoms with van der Waals surface area (Å²) in [7, 11) is 0. The van der Waals surface area contributed by atoms with Gasteiger partial charge in [-0.3, -0.25) is 15.0 Å². The van der Waals surface area contributed by atoms with Crippen molar-refractivity contribution in [3.8, 4) is 9.88 Å². The number of hydrogen-bond acceptors (Lipinski definition) is 6. The Bertz CT molecular complexity index is 1080. The quantitative estimate of drug-likeness (QED) is 0.560. The number of amides is 4. The fourth-order valence-electron chi connectivity index (χ4n) is 2.78. The number of carbonyl (C=O) groups is 3. The van der Waals surface area contributed by atoms with Crippen molar-refractivity contribution in [2.75, 3.05) is 0 Å². The van der Waals surface area contributed by atoms with Gasteiger partial charge in [0.1, 0.15) is 16.2 Å². The second kappa shape index (κ2) is 7.12. The number of carbonyl (C=O) groups excluding carboxylic acids is 3. The van der Waals surface area contributed by atoms with E-state index in [1.807, 2.05) is 17.5 Å². The van der Waals surface area contributed by atoms with Gasteiger partial charge < -0.3 is 5.32 Å². The highest BCUT2D eigenvalue weighted by Crippen LogP contribution is 2.32. The number of rotatable bonds is 4. The van der Waals surface area contributed by atoms with E-state index in [9.17, 15) is 14.4 Å². The number of nitrogens with zero attached hydrogens (tertiary/aromatic N) is 2. The molecular weight excluding hydrogens is 464 g/mol. The summed E-state index contributed by atoms with van der Waals surface area (Å²) < 4.78 is 0.938. The third kappa shape index (κ3) is 3.23. The lowest BCUT2D eigenvalue weighted by Crippen LogP contribution is -2.48. The van der Waals surface area contributed by atoms with Crippen molar-refractivity contribution in [1.29, 1.82) is 0 Å². The van der Waals surface area contributed by atoms with Gasteiger partial charge >= 0.3 is 6.03 Å². The fourth-order valence-corrected chi connectivity index (χ4v) is 5.09. The molecule has 1 aromatic carbocycles. The summed E-state index contributed by atoms with van der Waals surface area (Å²) in [6.45, 7) is 1.60. The summed E-state index contributed by atoms with van der Waals surface area (Å²) >= 11 is 6.20. The first-order valence-electron chi connectivity index (χ1n) is 8.11. The molecule has 1 atom stereocenters. The van der Waals surface area contributed by atoms with Gasteiger partial charge in [0.05, 0.1) is 4.88 Å². The van der Waals surface area contributed by atoms with Crippen molar-refractivity contribution in [3.63, 3.8) is 0 Å². The molecule has 4 rings (SSSR count). The number of urea groups is 1. The van der Waals surface area contributed by atoms with Crippen molar-refractivity contribution in [2.24, 2.45) is 0 Å². The largest absolute Gasteiger partial charge is 0.344 e. The minimum Gasteiger partial charge on any atom is -0.318 e. The van der Waals surface area contributed by atoms with Gasteiger partial charge in [-0.05, 0) is 34.5 Å². The van der Waals surface area contributed by atoms with E-state index < -0.39 is 23.4 Å². The molecule has 2 N–H and O–H groups in total. The summed E-state index contributed by atoms with van der Waals surface area (Å²) in [5, 5.41) is 7.55. The van der Waals surface area contributed by atoms with Crippen LogP contribution in [0.2, 0.25) is 0 Å². The minimum atomic E-state index is -1.25. The zero-order valence-electron chi connectivity index (χ0n) is 14.4. The summed E-state index contributed by atoms with van der Waals surface area (Å²) in [6.07, 6.45) is 0. The summed E-state index contributed by atoms with van der Waals surface area (Å²) in [6, 6.07) is 10.1. The number of imide groups is 1. The van der Waals surface area contributed by atoms with Gasteiger partial charge in [0.15, 0.2) is 0 Å². The van der Waals surface area contributed by atoms with Gasteiger partial charge in [-0.25, -0.2) is 9.78 Å². The molecule has 4 amide bonds. The van der Waals surface area contributed by atoms with E-state index in [-0.39, 0.29) is 5.69 Å². The summed E-state index contributed by atoms with van der Waals surface area (Å²) in [5.74, 6) is -1.19. The lowest BCUT2D eigenvalue weighted by atomic mass is 9.92. The second-order valence-electron chi connectivity index (χ2n) is 6.17. The number of hydrazine groups is 1. The van der Waals surface area contributed by atoms with E-state index in [4.69, 9.17) is 0 Å². The van der Waals surface area contributed by atoms with Crippen LogP contribution in [0.4, 0.5) is 4.79 Å². The molecule has 1 saturated heterocycles. The molecule has 0 saturated carbocycles. The molecule has 3 aromatic rings. The number of thiazole rings is 1. The molecular formula is C18H13BrN4O3S2. The van der Waals surface area contributed by atoms with Gasteiger partial charge in [0.25, 0.3) is 11.8 Å². The highest BCUT2D eigenvalue weighted by molar-refractivity contribution is 9.10. The monoisotopic (exact) mass is 476 g/mol. The Kier molecular flexibility index (Phi) is 4.77. The molecule has 1 unspecified atom stereocenters. The van der Waals surface area contributed by atoms with E-state index in [0.717, 1.165) is 9.35 Å². The molecule has 1 fully saturated rings. The Balaban J connectivity index is 1.53. The van der Waals surface area contributed by atoms with E-state index in [0.29, 0.717) is 15.6 Å². The standard InChI is InChI=1S/C18H13BrN4O3S2/c1-18(10-5-3-2-4-6-10)16(25)23(17(26)21-18)22-14(24)12-9-28-15(20-12)13-7-11(19)8-27-13/h2-9H,1H3,(H,21,26)(H,22,24). The molecule has 142 valence electrons. The lowest BCUT2D eigenvalue weighted by Gasteiger charge is -2.21. The zero-order valence-corrected chi connectivity index (χ0v) is 17.7. The molecule has 1 aliphatic heterocycles. The average molecular weight is 477 g/mol. The van der Waals surface area contributed by atoms with Crippen LogP contribution in [0.5, 0.6) is 0 Å². The first kappa shape index (κ1) is 18.8. The van der Waals surface area contributed by atoms with Crippen LogP contribution in [0.1, 0.15) is 23.0 Å². The Labute approximate surface area is 176 Å². The SMILES string of the molecule is CC1(c2ccccc2)NC(=O)N(NC(=O)c2csc(-c3cc(Br)cs3)n2)C1=O. The predicted molar refractivity (Wildman–Crippen MR) is 110 cm³/mol. The van der Waals surface area contributed by atoms with Crippen LogP contribution in [-0.4, -0.2) is 27.8 Å². The van der Waals surface area contributed by atoms with Gasteiger partial charge in [-0.2, -0.15) is 5.01 Å². The summed E-state index contributed by atoms with van der Waals surface area (Å²) in [4.78, 5) is 42.9. The van der Waals surface area contributed by atoms with Crippen LogP contribution >= 0.6 is 38.6 Å². The fraction of sp³-hybridized carbons (Fsp3) is 0.111. The van der Waals surface area contributed by atoms with Crippen molar-refractivity contribution >= 4 is 56.4 Å². The maximum Gasteiger partial charge on any atom is 0.344 e. The lowest BCUT2D eigenvalue weighted by molar-refractivity contribution is -0.132. The van der Waals surface area contributed by atoms with Gasteiger partial charge in [0, 0.05) is 15.2 Å². The molecule has 2 aromatic heterocycles. The van der Waals surface area contributed by atoms with Crippen LogP contribution in [0, 0.1) is 0 Å². The van der Waals surface area contributed by atoms with E-state index in [2.05, 4.69) is 31.7 Å². The van der Waals surface area contributed by atoms with Gasteiger partial charge in [-0.15, -0.1) is 22.7 Å². The molecule has 1 aliphatic rings. The predicted octanol–water partition coefficient (Wildman–Crippen LogP) is 3.75. The van der Waals surface area contributed by atoms with Crippen LogP contribution in [-0.2, 0) is 10.3 Å². The van der Waals surface area contributed by atoms with Crippen LogP contribution in [0.25, 0.3) is 9.88 Å². The first-order valence-corrected chi connectivity index (χ1v) is 10.7. The van der Waals surface area contributed by atoms with Crippen molar-refractivity contribution in [1.82, 2.24) is 20.7 Å². The molecule has 7 nitrogen and oxygen atoms in total. The molecule has 0 radical (unpaired) electrons. The number of benzene rings is 1. The zero-order chi connectivity index (χ0) is 19.9. The second-order valence-corrected chi connectivity index (χ2v) is 8.85. The third-order valence-electron chi connectivity index (χ3n) is 4.27. The van der Waals surface area contributed by atoms with Crippen molar-refractivity contribution < 1.29 is 14.4 Å². The number of aromatic nitrogens is 1. The van der Waals surface area contributed by atoms with E-state index >= 15 is 0 Å². The Morgan fingerprint density at radius 3 is 2.64 bits per heavy atom. The Morgan fingerprint density at radius 1 is 1.21 bits per heavy atom. The molecule has 0 aliphatic carbocycles. The highest BCUT2D eigenvalue weighted by atomic mass is 79.9. The normalized spacial score (nSPS) is 19.0. The highest BCUT2D eigenvalue weighted by Gasteiger charge is 2.50. The first-order chi connectivity index (χ1) is 13.4. The van der Waals surface area contributed by atoms with Crippen molar-refractivity contribution in [2.45, 2.75) is 12.5 Å². The maximum absolute atomic E-state index is 12.8.